The molecule has 0 unspecified atom stereocenters. The van der Waals surface area contributed by atoms with E-state index < -0.39 is 0 Å². The van der Waals surface area contributed by atoms with Gasteiger partial charge in [0.2, 0.25) is 0 Å². The Bertz CT molecular complexity index is 952. The van der Waals surface area contributed by atoms with Crippen LogP contribution in [-0.4, -0.2) is 32.7 Å². The molecule has 0 aliphatic heterocycles. The van der Waals surface area contributed by atoms with Crippen molar-refractivity contribution in [1.29, 1.82) is 5.26 Å². The maximum Gasteiger partial charge on any atom is 0.263 e. The zero-order valence-electron chi connectivity index (χ0n) is 14.3. The summed E-state index contributed by atoms with van der Waals surface area (Å²) in [5.74, 6) is 1.22. The molecular weight excluding hydrogens is 336 g/mol. The first kappa shape index (κ1) is 17.2. The molecule has 1 N–H and O–H groups in total. The number of nitrogens with zero attached hydrogens (tertiary/aromatic N) is 5. The van der Waals surface area contributed by atoms with E-state index in [1.54, 1.807) is 35.9 Å². The predicted molar refractivity (Wildman–Crippen MR) is 90.4 cm³/mol. The molecule has 0 saturated heterocycles. The van der Waals surface area contributed by atoms with Gasteiger partial charge in [0.25, 0.3) is 5.91 Å². The number of carbonyl (C=O) groups is 1. The highest BCUT2D eigenvalue weighted by Gasteiger charge is 2.13. The number of nitrogens with one attached hydrogen (secondary N) is 1. The molecule has 0 fully saturated rings. The van der Waals surface area contributed by atoms with Crippen molar-refractivity contribution in [2.45, 2.75) is 20.4 Å². The lowest BCUT2D eigenvalue weighted by molar-refractivity contribution is -0.118. The van der Waals surface area contributed by atoms with Gasteiger partial charge in [-0.15, -0.1) is 5.10 Å². The Morgan fingerprint density at radius 2 is 2.12 bits per heavy atom. The number of amides is 1. The Morgan fingerprint density at radius 3 is 2.77 bits per heavy atom. The molecule has 0 bridgehead atoms. The van der Waals surface area contributed by atoms with Gasteiger partial charge in [-0.1, -0.05) is 10.4 Å². The fraction of sp³-hybridized carbons (Fsp3) is 0.235. The third-order valence-corrected chi connectivity index (χ3v) is 3.58. The van der Waals surface area contributed by atoms with E-state index in [0.29, 0.717) is 35.1 Å². The van der Waals surface area contributed by atoms with E-state index in [1.165, 1.54) is 0 Å². The summed E-state index contributed by atoms with van der Waals surface area (Å²) >= 11 is 0. The Labute approximate surface area is 149 Å². The van der Waals surface area contributed by atoms with Crippen LogP contribution in [0.25, 0.3) is 0 Å². The van der Waals surface area contributed by atoms with Crippen LogP contribution in [0, 0.1) is 25.2 Å². The highest BCUT2D eigenvalue weighted by atomic mass is 16.5. The largest absolute Gasteiger partial charge is 0.484 e. The summed E-state index contributed by atoms with van der Waals surface area (Å²) in [7, 11) is 0. The molecule has 0 spiro atoms. The molecule has 0 saturated carbocycles. The Kier molecular flexibility index (Phi) is 4.94. The molecule has 2 heterocycles. The number of ether oxygens (including phenoxy) is 1. The molecule has 0 aliphatic carbocycles. The van der Waals surface area contributed by atoms with Crippen molar-refractivity contribution >= 4 is 11.7 Å². The molecule has 1 aromatic carbocycles. The van der Waals surface area contributed by atoms with Crippen molar-refractivity contribution in [2.75, 3.05) is 11.9 Å². The van der Waals surface area contributed by atoms with Crippen molar-refractivity contribution in [3.05, 3.63) is 53.0 Å². The van der Waals surface area contributed by atoms with Gasteiger partial charge in [0.05, 0.1) is 23.9 Å². The van der Waals surface area contributed by atoms with Crippen LogP contribution < -0.4 is 10.1 Å². The Hall–Kier alpha value is -3.67. The molecule has 1 amide bonds. The van der Waals surface area contributed by atoms with E-state index in [4.69, 9.17) is 14.5 Å². The van der Waals surface area contributed by atoms with E-state index in [1.807, 2.05) is 19.1 Å². The third-order valence-electron chi connectivity index (χ3n) is 3.58. The number of aryl methyl sites for hydroxylation is 1. The number of nitriles is 1. The van der Waals surface area contributed by atoms with E-state index in [0.717, 1.165) is 5.69 Å². The number of aromatic nitrogens is 4. The lowest BCUT2D eigenvalue weighted by atomic mass is 10.2. The van der Waals surface area contributed by atoms with Crippen LogP contribution in [0.2, 0.25) is 0 Å². The fourth-order valence-electron chi connectivity index (χ4n) is 2.21. The fourth-order valence-corrected chi connectivity index (χ4v) is 2.21. The molecular formula is C17H16N6O3. The molecule has 0 radical (unpaired) electrons. The van der Waals surface area contributed by atoms with Crippen LogP contribution >= 0.6 is 0 Å². The van der Waals surface area contributed by atoms with Crippen molar-refractivity contribution < 1.29 is 14.1 Å². The zero-order chi connectivity index (χ0) is 18.5. The lowest BCUT2D eigenvalue weighted by Gasteiger charge is -2.06. The second-order valence-electron chi connectivity index (χ2n) is 5.58. The topological polar surface area (TPSA) is 119 Å². The molecule has 9 heteroatoms. The lowest BCUT2D eigenvalue weighted by Crippen LogP contribution is -2.21. The first-order valence-corrected chi connectivity index (χ1v) is 7.80. The molecule has 3 rings (SSSR count). The minimum absolute atomic E-state index is 0.180. The summed E-state index contributed by atoms with van der Waals surface area (Å²) in [6, 6.07) is 10.3. The zero-order valence-corrected chi connectivity index (χ0v) is 14.3. The smallest absolute Gasteiger partial charge is 0.263 e. The third kappa shape index (κ3) is 4.05. The molecule has 9 nitrogen and oxygen atoms in total. The number of anilines is 1. The molecule has 0 atom stereocenters. The molecule has 0 aliphatic rings. The SMILES string of the molecule is Cc1cc(Cn2nnc(NC(=O)COc3ccc(C#N)cc3)c2C)no1. The van der Waals surface area contributed by atoms with Crippen molar-refractivity contribution in [1.82, 2.24) is 20.2 Å². The molecule has 26 heavy (non-hydrogen) atoms. The van der Waals surface area contributed by atoms with Crippen molar-refractivity contribution in [3.8, 4) is 11.8 Å². The van der Waals surface area contributed by atoms with Crippen LogP contribution in [-0.2, 0) is 11.3 Å². The van der Waals surface area contributed by atoms with Gasteiger partial charge in [-0.2, -0.15) is 5.26 Å². The monoisotopic (exact) mass is 352 g/mol. The van der Waals surface area contributed by atoms with Gasteiger partial charge < -0.3 is 14.6 Å². The first-order chi connectivity index (χ1) is 12.5. The number of benzene rings is 1. The summed E-state index contributed by atoms with van der Waals surface area (Å²) in [6.07, 6.45) is 0. The highest BCUT2D eigenvalue weighted by molar-refractivity contribution is 5.91. The number of rotatable bonds is 6. The second-order valence-corrected chi connectivity index (χ2v) is 5.58. The molecule has 2 aromatic heterocycles. The Morgan fingerprint density at radius 1 is 1.35 bits per heavy atom. The van der Waals surface area contributed by atoms with Crippen molar-refractivity contribution in [3.63, 3.8) is 0 Å². The summed E-state index contributed by atoms with van der Waals surface area (Å²) < 4.78 is 12.0. The van der Waals surface area contributed by atoms with E-state index in [9.17, 15) is 4.79 Å². The standard InChI is InChI=1S/C17H16N6O3/c1-11-7-14(21-26-11)9-23-12(2)17(20-22-23)19-16(24)10-25-15-5-3-13(8-18)4-6-15/h3-7H,9-10H2,1-2H3,(H,19,24). The van der Waals surface area contributed by atoms with Crippen LogP contribution in [0.15, 0.2) is 34.9 Å². The van der Waals surface area contributed by atoms with Gasteiger partial charge in [0.15, 0.2) is 12.4 Å². The predicted octanol–water partition coefficient (Wildman–Crippen LogP) is 1.82. The van der Waals surface area contributed by atoms with Crippen LogP contribution in [0.1, 0.15) is 22.7 Å². The minimum atomic E-state index is -0.359. The quantitative estimate of drug-likeness (QED) is 0.718. The van der Waals surface area contributed by atoms with Gasteiger partial charge >= 0.3 is 0 Å². The van der Waals surface area contributed by atoms with Gasteiger partial charge in [-0.3, -0.25) is 4.79 Å². The second kappa shape index (κ2) is 7.48. The van der Waals surface area contributed by atoms with E-state index in [-0.39, 0.29) is 12.5 Å². The first-order valence-electron chi connectivity index (χ1n) is 7.80. The van der Waals surface area contributed by atoms with E-state index >= 15 is 0 Å². The summed E-state index contributed by atoms with van der Waals surface area (Å²) in [5, 5.41) is 23.3. The summed E-state index contributed by atoms with van der Waals surface area (Å²) in [6.45, 7) is 3.82. The normalized spacial score (nSPS) is 10.3. The number of carbonyl (C=O) groups excluding carboxylic acids is 1. The van der Waals surface area contributed by atoms with Crippen LogP contribution in [0.4, 0.5) is 5.82 Å². The highest BCUT2D eigenvalue weighted by Crippen LogP contribution is 2.14. The average molecular weight is 352 g/mol. The van der Waals surface area contributed by atoms with E-state index in [2.05, 4.69) is 20.8 Å². The van der Waals surface area contributed by atoms with Gasteiger partial charge in [-0.05, 0) is 38.1 Å². The van der Waals surface area contributed by atoms with Gasteiger partial charge in [0, 0.05) is 6.07 Å². The van der Waals surface area contributed by atoms with Crippen molar-refractivity contribution in [2.24, 2.45) is 0 Å². The maximum absolute atomic E-state index is 12.0. The minimum Gasteiger partial charge on any atom is -0.484 e. The maximum atomic E-state index is 12.0. The Balaban J connectivity index is 1.56. The van der Waals surface area contributed by atoms with Crippen LogP contribution in [0.3, 0.4) is 0 Å². The number of hydrogen-bond acceptors (Lipinski definition) is 7. The van der Waals surface area contributed by atoms with Gasteiger partial charge in [0.1, 0.15) is 17.2 Å². The summed E-state index contributed by atoms with van der Waals surface area (Å²) in [5.41, 5.74) is 1.94. The molecule has 3 aromatic rings. The number of hydrogen-bond donors (Lipinski definition) is 1. The van der Waals surface area contributed by atoms with Crippen LogP contribution in [0.5, 0.6) is 5.75 Å². The molecule has 132 valence electrons. The summed E-state index contributed by atoms with van der Waals surface area (Å²) in [4.78, 5) is 12.0. The van der Waals surface area contributed by atoms with Gasteiger partial charge in [-0.25, -0.2) is 4.68 Å². The average Bonchev–Trinajstić information content (AvgIpc) is 3.21.